The Labute approximate surface area is 169 Å². The molecule has 0 saturated carbocycles. The smallest absolute Gasteiger partial charge is 0.269 e. The number of hydrogen-bond donors (Lipinski definition) is 3. The topological polar surface area (TPSA) is 148 Å². The number of aliphatic hydroxyl groups is 2. The van der Waals surface area contributed by atoms with E-state index in [9.17, 15) is 20.3 Å². The first kappa shape index (κ1) is 19.5. The van der Waals surface area contributed by atoms with Crippen LogP contribution in [0.1, 0.15) is 11.8 Å². The fourth-order valence-electron chi connectivity index (χ4n) is 3.18. The molecule has 4 rings (SSSR count). The molecule has 152 valence electrons. The van der Waals surface area contributed by atoms with E-state index in [0.717, 1.165) is 5.56 Å². The molecule has 3 heterocycles. The van der Waals surface area contributed by atoms with Crippen molar-refractivity contribution in [3.63, 3.8) is 0 Å². The summed E-state index contributed by atoms with van der Waals surface area (Å²) in [5.41, 5.74) is 1.71. The predicted octanol–water partition coefficient (Wildman–Crippen LogP) is 1.20. The van der Waals surface area contributed by atoms with E-state index in [4.69, 9.17) is 16.3 Å². The number of imidazole rings is 1. The molecule has 3 aromatic rings. The maximum Gasteiger partial charge on any atom is 0.269 e. The lowest BCUT2D eigenvalue weighted by atomic mass is 10.1. The third-order valence-corrected chi connectivity index (χ3v) is 5.03. The third kappa shape index (κ3) is 3.60. The van der Waals surface area contributed by atoms with Crippen molar-refractivity contribution in [2.24, 2.45) is 0 Å². The summed E-state index contributed by atoms with van der Waals surface area (Å²) in [5.74, 6) is 0.493. The Morgan fingerprint density at radius 2 is 1.97 bits per heavy atom. The van der Waals surface area contributed by atoms with Crippen molar-refractivity contribution in [1.29, 1.82) is 0 Å². The Kier molecular flexibility index (Phi) is 5.28. The first-order valence-electron chi connectivity index (χ1n) is 8.72. The summed E-state index contributed by atoms with van der Waals surface area (Å²) in [4.78, 5) is 23.0. The first-order chi connectivity index (χ1) is 14.0. The Bertz CT molecular complexity index is 1030. The van der Waals surface area contributed by atoms with Gasteiger partial charge in [0.1, 0.15) is 24.6 Å². The van der Waals surface area contributed by atoms with Crippen LogP contribution in [-0.2, 0) is 11.3 Å². The fraction of sp³-hybridized carbons (Fsp3) is 0.353. The van der Waals surface area contributed by atoms with Crippen molar-refractivity contribution < 1.29 is 19.9 Å². The van der Waals surface area contributed by atoms with Gasteiger partial charge in [0.25, 0.3) is 5.69 Å². The van der Waals surface area contributed by atoms with E-state index >= 15 is 0 Å². The molecule has 0 bridgehead atoms. The number of fused-ring (bicyclic) bond motifs is 1. The first-order valence-corrected chi connectivity index (χ1v) is 9.25. The number of anilines is 1. The second kappa shape index (κ2) is 7.87. The molecule has 0 radical (unpaired) electrons. The summed E-state index contributed by atoms with van der Waals surface area (Å²) in [6.07, 6.45) is -1.07. The lowest BCUT2D eigenvalue weighted by Crippen LogP contribution is -2.32. The fourth-order valence-corrected chi connectivity index (χ4v) is 3.43. The molecule has 0 spiro atoms. The maximum absolute atomic E-state index is 10.7. The van der Waals surface area contributed by atoms with Gasteiger partial charge in [0, 0.05) is 18.7 Å². The summed E-state index contributed by atoms with van der Waals surface area (Å²) in [5, 5.41) is 34.2. The lowest BCUT2D eigenvalue weighted by molar-refractivity contribution is -0.384. The molecule has 1 aliphatic heterocycles. The van der Waals surface area contributed by atoms with Gasteiger partial charge in [-0.25, -0.2) is 15.0 Å². The third-order valence-electron chi connectivity index (χ3n) is 4.73. The molecular formula is C17H17ClN6O5. The van der Waals surface area contributed by atoms with Crippen molar-refractivity contribution in [2.45, 2.75) is 31.1 Å². The molecule has 1 fully saturated rings. The second-order valence-corrected chi connectivity index (χ2v) is 6.83. The van der Waals surface area contributed by atoms with Gasteiger partial charge in [-0.05, 0) is 5.56 Å². The highest BCUT2D eigenvalue weighted by Crippen LogP contribution is 2.32. The van der Waals surface area contributed by atoms with E-state index in [1.165, 1.54) is 29.4 Å². The molecule has 3 N–H and O–H groups in total. The van der Waals surface area contributed by atoms with Gasteiger partial charge in [0.15, 0.2) is 23.2 Å². The van der Waals surface area contributed by atoms with Crippen LogP contribution in [0.5, 0.6) is 0 Å². The molecule has 12 heteroatoms. The normalized spacial score (nSPS) is 24.1. The maximum atomic E-state index is 10.7. The largest absolute Gasteiger partial charge is 0.387 e. The van der Waals surface area contributed by atoms with Crippen LogP contribution >= 0.6 is 11.6 Å². The monoisotopic (exact) mass is 420 g/mol. The molecule has 29 heavy (non-hydrogen) atoms. The number of non-ortho nitro benzene ring substituents is 1. The van der Waals surface area contributed by atoms with E-state index in [-0.39, 0.29) is 11.6 Å². The second-order valence-electron chi connectivity index (χ2n) is 6.52. The number of nitrogens with one attached hydrogen (secondary N) is 1. The van der Waals surface area contributed by atoms with Crippen molar-refractivity contribution in [3.8, 4) is 0 Å². The molecule has 1 saturated heterocycles. The Morgan fingerprint density at radius 3 is 2.62 bits per heavy atom. The molecule has 1 aliphatic rings. The summed E-state index contributed by atoms with van der Waals surface area (Å²) in [7, 11) is 0. The Balaban J connectivity index is 1.55. The average Bonchev–Trinajstić information content (AvgIpc) is 3.28. The number of aliphatic hydroxyl groups excluding tert-OH is 2. The van der Waals surface area contributed by atoms with E-state index in [1.54, 1.807) is 12.1 Å². The highest BCUT2D eigenvalue weighted by atomic mass is 35.5. The molecule has 11 nitrogen and oxygen atoms in total. The number of nitrogens with zero attached hydrogens (tertiary/aromatic N) is 5. The van der Waals surface area contributed by atoms with Crippen molar-refractivity contribution in [2.75, 3.05) is 11.2 Å². The van der Waals surface area contributed by atoms with E-state index in [2.05, 4.69) is 20.3 Å². The summed E-state index contributed by atoms with van der Waals surface area (Å²) < 4.78 is 7.16. The lowest BCUT2D eigenvalue weighted by Gasteiger charge is -2.16. The molecule has 1 aromatic carbocycles. The highest BCUT2D eigenvalue weighted by Gasteiger charge is 2.43. The highest BCUT2D eigenvalue weighted by molar-refractivity contribution is 6.18. The minimum atomic E-state index is -1.18. The van der Waals surface area contributed by atoms with Crippen molar-refractivity contribution in [1.82, 2.24) is 19.5 Å². The number of nitro benzene ring substituents is 1. The average molecular weight is 421 g/mol. The van der Waals surface area contributed by atoms with E-state index in [1.807, 2.05) is 0 Å². The van der Waals surface area contributed by atoms with Crippen LogP contribution < -0.4 is 5.32 Å². The number of alkyl halides is 1. The molecule has 0 amide bonds. The predicted molar refractivity (Wildman–Crippen MR) is 102 cm³/mol. The standard InChI is InChI=1S/C17H17ClN6O5/c18-5-11-13(25)14(26)17(29-11)23-8-22-12-15(20-7-21-16(12)23)19-6-9-1-3-10(4-2-9)24(27)28/h1-4,7-8,11,13-14,17,25-26H,5-6H2,(H,19,20,21)/t11-,13-,14-,17-/m1/s1. The van der Waals surface area contributed by atoms with Gasteiger partial charge in [-0.2, -0.15) is 0 Å². The molecular weight excluding hydrogens is 404 g/mol. The Hall–Kier alpha value is -2.86. The number of halogens is 1. The van der Waals surface area contributed by atoms with Gasteiger partial charge < -0.3 is 20.3 Å². The zero-order valence-corrected chi connectivity index (χ0v) is 15.7. The Morgan fingerprint density at radius 1 is 1.21 bits per heavy atom. The number of aromatic nitrogens is 4. The number of ether oxygens (including phenoxy) is 1. The van der Waals surface area contributed by atoms with E-state index < -0.39 is 29.5 Å². The van der Waals surface area contributed by atoms with Gasteiger partial charge in [0.2, 0.25) is 0 Å². The summed E-state index contributed by atoms with van der Waals surface area (Å²) >= 11 is 5.77. The van der Waals surface area contributed by atoms with Crippen LogP contribution in [0.4, 0.5) is 11.5 Å². The zero-order valence-electron chi connectivity index (χ0n) is 14.9. The SMILES string of the molecule is O=[N+]([O-])c1ccc(CNc2ncnc3c2ncn3[C@@H]2O[C@H](CCl)[C@@H](O)[C@H]2O)cc1. The molecule has 4 atom stereocenters. The molecule has 2 aromatic heterocycles. The number of benzene rings is 1. The van der Waals surface area contributed by atoms with Crippen LogP contribution in [0.25, 0.3) is 11.2 Å². The molecule has 0 aliphatic carbocycles. The van der Waals surface area contributed by atoms with Crippen molar-refractivity contribution >= 4 is 34.3 Å². The quantitative estimate of drug-likeness (QED) is 0.304. The van der Waals surface area contributed by atoms with E-state index in [0.29, 0.717) is 23.5 Å². The van der Waals surface area contributed by atoms with Crippen molar-refractivity contribution in [3.05, 3.63) is 52.6 Å². The van der Waals surface area contributed by atoms with Crippen LogP contribution in [0.15, 0.2) is 36.9 Å². The summed E-state index contributed by atoms with van der Waals surface area (Å²) in [6.45, 7) is 0.368. The summed E-state index contributed by atoms with van der Waals surface area (Å²) in [6, 6.07) is 6.16. The molecule has 0 unspecified atom stereocenters. The van der Waals surface area contributed by atoms with Gasteiger partial charge in [0.05, 0.1) is 17.1 Å². The number of nitro groups is 1. The van der Waals surface area contributed by atoms with Crippen LogP contribution in [0.3, 0.4) is 0 Å². The van der Waals surface area contributed by atoms with Crippen LogP contribution in [0, 0.1) is 10.1 Å². The van der Waals surface area contributed by atoms with Crippen LogP contribution in [0.2, 0.25) is 0 Å². The van der Waals surface area contributed by atoms with Gasteiger partial charge in [-0.3, -0.25) is 14.7 Å². The van der Waals surface area contributed by atoms with Gasteiger partial charge in [-0.15, -0.1) is 11.6 Å². The minimum Gasteiger partial charge on any atom is -0.387 e. The van der Waals surface area contributed by atoms with Gasteiger partial charge >= 0.3 is 0 Å². The van der Waals surface area contributed by atoms with Crippen LogP contribution in [-0.4, -0.2) is 58.8 Å². The number of hydrogen-bond acceptors (Lipinski definition) is 9. The zero-order chi connectivity index (χ0) is 20.5. The van der Waals surface area contributed by atoms with Gasteiger partial charge in [-0.1, -0.05) is 12.1 Å². The minimum absolute atomic E-state index is 0.0180. The number of rotatable bonds is 6.